The molecule has 0 N–H and O–H groups in total. The Bertz CT molecular complexity index is 298. The van der Waals surface area contributed by atoms with Gasteiger partial charge in [-0.3, -0.25) is 4.79 Å². The Labute approximate surface area is 92.9 Å². The molecule has 0 radical (unpaired) electrons. The highest BCUT2D eigenvalue weighted by atomic mass is 16.1. The van der Waals surface area contributed by atoms with Crippen molar-refractivity contribution in [2.75, 3.05) is 0 Å². The molecule has 0 heterocycles. The molecule has 0 aromatic rings. The average molecular weight is 206 g/mol. The lowest BCUT2D eigenvalue weighted by atomic mass is 9.53. The van der Waals surface area contributed by atoms with Gasteiger partial charge in [0.05, 0.1) is 0 Å². The quantitative estimate of drug-likeness (QED) is 0.552. The van der Waals surface area contributed by atoms with Gasteiger partial charge in [0.15, 0.2) is 0 Å². The van der Waals surface area contributed by atoms with Gasteiger partial charge in [-0.1, -0.05) is 25.5 Å². The maximum atomic E-state index is 12.0. The standard InChI is InChI=1S/C14H22O/c1-10-5-4-6-13(15)11-9-14(2,3)12(11)8-7-10/h7,11-12H,4-6,8-9H2,1-3H3/b10-7-/t11-,12-/m1/s1. The number of ketones is 1. The highest BCUT2D eigenvalue weighted by molar-refractivity contribution is 5.82. The second-order valence-corrected chi connectivity index (χ2v) is 6.01. The first kappa shape index (κ1) is 10.9. The molecule has 1 nitrogen and oxygen atoms in total. The normalized spacial score (nSPS) is 38.9. The lowest BCUT2D eigenvalue weighted by Crippen LogP contribution is -2.47. The summed E-state index contributed by atoms with van der Waals surface area (Å²) in [5, 5.41) is 0. The van der Waals surface area contributed by atoms with E-state index in [0.717, 1.165) is 32.1 Å². The Morgan fingerprint density at radius 2 is 2.07 bits per heavy atom. The third kappa shape index (κ3) is 2.02. The number of rotatable bonds is 0. The first-order valence-corrected chi connectivity index (χ1v) is 6.19. The van der Waals surface area contributed by atoms with Crippen LogP contribution in [0.25, 0.3) is 0 Å². The largest absolute Gasteiger partial charge is 0.299 e. The van der Waals surface area contributed by atoms with Gasteiger partial charge in [-0.05, 0) is 43.9 Å². The smallest absolute Gasteiger partial charge is 0.136 e. The third-order valence-electron chi connectivity index (χ3n) is 4.36. The van der Waals surface area contributed by atoms with Crippen molar-refractivity contribution in [3.8, 4) is 0 Å². The fraction of sp³-hybridized carbons (Fsp3) is 0.786. The van der Waals surface area contributed by atoms with E-state index in [1.807, 2.05) is 0 Å². The van der Waals surface area contributed by atoms with Crippen LogP contribution in [-0.4, -0.2) is 5.78 Å². The summed E-state index contributed by atoms with van der Waals surface area (Å²) in [5.41, 5.74) is 1.87. The van der Waals surface area contributed by atoms with Crippen LogP contribution in [0.5, 0.6) is 0 Å². The molecule has 0 amide bonds. The topological polar surface area (TPSA) is 17.1 Å². The number of carbonyl (C=O) groups excluding carboxylic acids is 1. The Kier molecular flexibility index (Phi) is 2.74. The van der Waals surface area contributed by atoms with Crippen LogP contribution in [0.4, 0.5) is 0 Å². The van der Waals surface area contributed by atoms with Crippen LogP contribution < -0.4 is 0 Å². The molecule has 0 spiro atoms. The molecule has 84 valence electrons. The van der Waals surface area contributed by atoms with Crippen LogP contribution in [-0.2, 0) is 4.79 Å². The number of hydrogen-bond acceptors (Lipinski definition) is 1. The molecule has 15 heavy (non-hydrogen) atoms. The summed E-state index contributed by atoms with van der Waals surface area (Å²) >= 11 is 0. The molecule has 0 bridgehead atoms. The second-order valence-electron chi connectivity index (χ2n) is 6.01. The van der Waals surface area contributed by atoms with Gasteiger partial charge in [-0.2, -0.15) is 0 Å². The lowest BCUT2D eigenvalue weighted by molar-refractivity contribution is -0.136. The Balaban J connectivity index is 2.15. The molecule has 0 aromatic heterocycles. The number of hydrogen-bond donors (Lipinski definition) is 0. The number of carbonyl (C=O) groups is 1. The van der Waals surface area contributed by atoms with E-state index >= 15 is 0 Å². The van der Waals surface area contributed by atoms with Crippen molar-refractivity contribution in [3.63, 3.8) is 0 Å². The van der Waals surface area contributed by atoms with E-state index < -0.39 is 0 Å². The summed E-state index contributed by atoms with van der Waals surface area (Å²) in [4.78, 5) is 12.0. The Hall–Kier alpha value is -0.590. The summed E-state index contributed by atoms with van der Waals surface area (Å²) in [6.07, 6.45) is 7.59. The highest BCUT2D eigenvalue weighted by Gasteiger charge is 2.49. The minimum Gasteiger partial charge on any atom is -0.299 e. The van der Waals surface area contributed by atoms with Gasteiger partial charge in [0, 0.05) is 12.3 Å². The SMILES string of the molecule is C/C1=C/C[C@@H]2[C@@H](CC2(C)C)C(=O)CCC1. The zero-order valence-corrected chi connectivity index (χ0v) is 10.2. The molecule has 0 aliphatic heterocycles. The summed E-state index contributed by atoms with van der Waals surface area (Å²) in [7, 11) is 0. The third-order valence-corrected chi connectivity index (χ3v) is 4.36. The van der Waals surface area contributed by atoms with Gasteiger partial charge >= 0.3 is 0 Å². The second kappa shape index (κ2) is 3.77. The van der Waals surface area contributed by atoms with Gasteiger partial charge in [-0.15, -0.1) is 0 Å². The predicted molar refractivity (Wildman–Crippen MR) is 62.6 cm³/mol. The van der Waals surface area contributed by atoms with E-state index in [-0.39, 0.29) is 0 Å². The fourth-order valence-electron chi connectivity index (χ4n) is 3.22. The van der Waals surface area contributed by atoms with Crippen LogP contribution in [0.15, 0.2) is 11.6 Å². The Morgan fingerprint density at radius 1 is 1.33 bits per heavy atom. The van der Waals surface area contributed by atoms with Crippen LogP contribution in [0, 0.1) is 17.3 Å². The van der Waals surface area contributed by atoms with E-state index in [1.54, 1.807) is 0 Å². The number of allylic oxidation sites excluding steroid dienone is 2. The molecule has 0 unspecified atom stereocenters. The minimum absolute atomic E-state index is 0.377. The van der Waals surface area contributed by atoms with Crippen molar-refractivity contribution in [2.45, 2.75) is 52.9 Å². The summed E-state index contributed by atoms with van der Waals surface area (Å²) in [5.74, 6) is 1.52. The monoisotopic (exact) mass is 206 g/mol. The first-order chi connectivity index (χ1) is 7.00. The average Bonchev–Trinajstić information content (AvgIpc) is 2.18. The molecule has 2 rings (SSSR count). The highest BCUT2D eigenvalue weighted by Crippen LogP contribution is 2.53. The lowest BCUT2D eigenvalue weighted by Gasteiger charge is -2.50. The zero-order valence-electron chi connectivity index (χ0n) is 10.2. The molecule has 0 aromatic carbocycles. The molecular weight excluding hydrogens is 184 g/mol. The zero-order chi connectivity index (χ0) is 11.1. The summed E-state index contributed by atoms with van der Waals surface area (Å²) < 4.78 is 0. The van der Waals surface area contributed by atoms with Crippen molar-refractivity contribution in [1.29, 1.82) is 0 Å². The molecule has 1 fully saturated rings. The van der Waals surface area contributed by atoms with Gasteiger partial charge in [0.25, 0.3) is 0 Å². The molecule has 1 heteroatoms. The maximum absolute atomic E-state index is 12.0. The van der Waals surface area contributed by atoms with Crippen LogP contribution in [0.3, 0.4) is 0 Å². The fourth-order valence-corrected chi connectivity index (χ4v) is 3.22. The molecular formula is C14H22O. The van der Waals surface area contributed by atoms with Crippen molar-refractivity contribution in [3.05, 3.63) is 11.6 Å². The first-order valence-electron chi connectivity index (χ1n) is 6.19. The number of Topliss-reactive ketones (excluding diaryl/α,β-unsaturated/α-hetero) is 1. The molecule has 2 aliphatic rings. The summed E-state index contributed by atoms with van der Waals surface area (Å²) in [6, 6.07) is 0. The predicted octanol–water partition coefficient (Wildman–Crippen LogP) is 3.74. The molecule has 2 atom stereocenters. The Morgan fingerprint density at radius 3 is 2.73 bits per heavy atom. The van der Waals surface area contributed by atoms with Gasteiger partial charge in [0.1, 0.15) is 5.78 Å². The van der Waals surface area contributed by atoms with E-state index in [4.69, 9.17) is 0 Å². The van der Waals surface area contributed by atoms with Gasteiger partial charge in [-0.25, -0.2) is 0 Å². The van der Waals surface area contributed by atoms with E-state index in [2.05, 4.69) is 26.8 Å². The van der Waals surface area contributed by atoms with Gasteiger partial charge < -0.3 is 0 Å². The van der Waals surface area contributed by atoms with Crippen molar-refractivity contribution < 1.29 is 4.79 Å². The van der Waals surface area contributed by atoms with Crippen molar-refractivity contribution >= 4 is 5.78 Å². The van der Waals surface area contributed by atoms with E-state index in [9.17, 15) is 4.79 Å². The van der Waals surface area contributed by atoms with Gasteiger partial charge in [0.2, 0.25) is 0 Å². The molecule has 0 saturated heterocycles. The minimum atomic E-state index is 0.377. The number of fused-ring (bicyclic) bond motifs is 1. The van der Waals surface area contributed by atoms with Crippen LogP contribution in [0.1, 0.15) is 52.9 Å². The maximum Gasteiger partial charge on any atom is 0.136 e. The van der Waals surface area contributed by atoms with E-state index in [1.165, 1.54) is 5.57 Å². The molecule has 1 saturated carbocycles. The van der Waals surface area contributed by atoms with Crippen LogP contribution in [0.2, 0.25) is 0 Å². The van der Waals surface area contributed by atoms with Crippen LogP contribution >= 0.6 is 0 Å². The van der Waals surface area contributed by atoms with Crippen molar-refractivity contribution in [1.82, 2.24) is 0 Å². The van der Waals surface area contributed by atoms with E-state index in [0.29, 0.717) is 23.0 Å². The molecule has 2 aliphatic carbocycles. The van der Waals surface area contributed by atoms with Crippen molar-refractivity contribution in [2.24, 2.45) is 17.3 Å². The summed E-state index contributed by atoms with van der Waals surface area (Å²) in [6.45, 7) is 6.82.